The number of sulfonamides is 1. The second-order valence-electron chi connectivity index (χ2n) is 3.38. The lowest BCUT2D eigenvalue weighted by molar-refractivity contribution is 0.475. The molecule has 92 valence electrons. The number of nitrogens with zero attached hydrogens (tertiary/aromatic N) is 1. The minimum absolute atomic E-state index is 0.0563. The molecule has 0 unspecified atom stereocenters. The maximum absolute atomic E-state index is 11.9. The van der Waals surface area contributed by atoms with Gasteiger partial charge in [-0.15, -0.1) is 11.3 Å². The van der Waals surface area contributed by atoms with Gasteiger partial charge in [0.25, 0.3) is 10.0 Å². The summed E-state index contributed by atoms with van der Waals surface area (Å²) in [4.78, 5) is 0.334. The molecule has 7 heteroatoms. The average Bonchev–Trinajstić information content (AvgIpc) is 2.81. The Balaban J connectivity index is 2.27. The van der Waals surface area contributed by atoms with E-state index < -0.39 is 10.0 Å². The molecule has 1 aromatic heterocycles. The van der Waals surface area contributed by atoms with Crippen molar-refractivity contribution >= 4 is 27.0 Å². The number of anilines is 1. The van der Waals surface area contributed by atoms with Crippen molar-refractivity contribution in [3.05, 3.63) is 41.3 Å². The topological polar surface area (TPSA) is 90.2 Å². The van der Waals surface area contributed by atoms with E-state index in [2.05, 4.69) is 4.72 Å². The van der Waals surface area contributed by atoms with Crippen molar-refractivity contribution in [2.24, 2.45) is 0 Å². The molecule has 0 fully saturated rings. The summed E-state index contributed by atoms with van der Waals surface area (Å²) < 4.78 is 26.3. The molecule has 0 atom stereocenters. The van der Waals surface area contributed by atoms with Crippen LogP contribution in [0.3, 0.4) is 0 Å². The number of hydrogen-bond acceptors (Lipinski definition) is 5. The van der Waals surface area contributed by atoms with E-state index in [1.54, 1.807) is 0 Å². The normalized spacial score (nSPS) is 10.8. The molecule has 2 rings (SSSR count). The maximum Gasteiger partial charge on any atom is 0.271 e. The van der Waals surface area contributed by atoms with Gasteiger partial charge in [0, 0.05) is 5.69 Å². The molecule has 0 radical (unpaired) electrons. The van der Waals surface area contributed by atoms with Gasteiger partial charge in [0.15, 0.2) is 0 Å². The number of hydrogen-bond donors (Lipinski definition) is 2. The second-order valence-corrected chi connectivity index (χ2v) is 6.38. The molecule has 0 saturated carbocycles. The van der Waals surface area contributed by atoms with Gasteiger partial charge in [-0.3, -0.25) is 4.72 Å². The standard InChI is InChI=1S/C11H8N2O3S2/c12-7-10-5-6-11(17-10)18(15,16)13-8-1-3-9(14)4-2-8/h1-6,13-14H. The molecule has 0 bridgehead atoms. The first kappa shape index (κ1) is 12.4. The zero-order valence-corrected chi connectivity index (χ0v) is 10.6. The van der Waals surface area contributed by atoms with Crippen molar-refractivity contribution < 1.29 is 13.5 Å². The Morgan fingerprint density at radius 1 is 1.17 bits per heavy atom. The molecule has 2 N–H and O–H groups in total. The van der Waals surface area contributed by atoms with Crippen molar-refractivity contribution in [2.45, 2.75) is 4.21 Å². The monoisotopic (exact) mass is 280 g/mol. The highest BCUT2D eigenvalue weighted by molar-refractivity contribution is 7.94. The molecule has 5 nitrogen and oxygen atoms in total. The Morgan fingerprint density at radius 3 is 2.39 bits per heavy atom. The highest BCUT2D eigenvalue weighted by Crippen LogP contribution is 2.24. The molecule has 0 aliphatic rings. The smallest absolute Gasteiger partial charge is 0.271 e. The minimum Gasteiger partial charge on any atom is -0.508 e. The number of thiophene rings is 1. The Bertz CT molecular complexity index is 697. The summed E-state index contributed by atoms with van der Waals surface area (Å²) in [6.45, 7) is 0. The van der Waals surface area contributed by atoms with Crippen LogP contribution < -0.4 is 4.72 Å². The van der Waals surface area contributed by atoms with E-state index in [1.165, 1.54) is 36.4 Å². The Morgan fingerprint density at radius 2 is 1.83 bits per heavy atom. The fourth-order valence-corrected chi connectivity index (χ4v) is 3.42. The summed E-state index contributed by atoms with van der Waals surface area (Å²) in [5.41, 5.74) is 0.347. The Labute approximate surface area is 108 Å². The molecule has 0 spiro atoms. The quantitative estimate of drug-likeness (QED) is 0.843. The van der Waals surface area contributed by atoms with Gasteiger partial charge in [-0.25, -0.2) is 8.42 Å². The minimum atomic E-state index is -3.68. The van der Waals surface area contributed by atoms with E-state index in [-0.39, 0.29) is 9.96 Å². The van der Waals surface area contributed by atoms with Crippen LogP contribution in [0.25, 0.3) is 0 Å². The van der Waals surface area contributed by atoms with E-state index >= 15 is 0 Å². The van der Waals surface area contributed by atoms with Gasteiger partial charge >= 0.3 is 0 Å². The van der Waals surface area contributed by atoms with E-state index in [0.717, 1.165) is 11.3 Å². The molecule has 0 saturated heterocycles. The predicted molar refractivity (Wildman–Crippen MR) is 67.9 cm³/mol. The van der Waals surface area contributed by atoms with E-state index in [9.17, 15) is 8.42 Å². The van der Waals surface area contributed by atoms with Gasteiger partial charge in [0.05, 0.1) is 0 Å². The largest absolute Gasteiger partial charge is 0.508 e. The van der Waals surface area contributed by atoms with Gasteiger partial charge < -0.3 is 5.11 Å². The third kappa shape index (κ3) is 2.61. The number of benzene rings is 1. The lowest BCUT2D eigenvalue weighted by atomic mass is 10.3. The van der Waals surface area contributed by atoms with Crippen LogP contribution in [-0.2, 0) is 10.0 Å². The molecule has 1 heterocycles. The molecule has 0 aliphatic carbocycles. The van der Waals surface area contributed by atoms with Crippen molar-refractivity contribution in [3.63, 3.8) is 0 Å². The van der Waals surface area contributed by atoms with E-state index in [0.29, 0.717) is 10.6 Å². The van der Waals surface area contributed by atoms with Crippen molar-refractivity contribution in [2.75, 3.05) is 4.72 Å². The number of aromatic hydroxyl groups is 1. The third-order valence-corrected chi connectivity index (χ3v) is 4.94. The van der Waals surface area contributed by atoms with Crippen LogP contribution in [0.2, 0.25) is 0 Å². The van der Waals surface area contributed by atoms with Gasteiger partial charge in [-0.2, -0.15) is 5.26 Å². The van der Waals surface area contributed by atoms with Crippen LogP contribution in [-0.4, -0.2) is 13.5 Å². The first-order chi connectivity index (χ1) is 8.51. The van der Waals surface area contributed by atoms with Crippen LogP contribution in [0.15, 0.2) is 40.6 Å². The fraction of sp³-hybridized carbons (Fsp3) is 0. The molecule has 18 heavy (non-hydrogen) atoms. The summed E-state index contributed by atoms with van der Waals surface area (Å²) in [6.07, 6.45) is 0. The van der Waals surface area contributed by atoms with Crippen molar-refractivity contribution in [1.82, 2.24) is 0 Å². The van der Waals surface area contributed by atoms with Crippen LogP contribution in [0, 0.1) is 11.3 Å². The molecule has 1 aromatic carbocycles. The van der Waals surface area contributed by atoms with Gasteiger partial charge in [0.1, 0.15) is 20.9 Å². The lowest BCUT2D eigenvalue weighted by Gasteiger charge is -2.05. The third-order valence-electron chi connectivity index (χ3n) is 2.08. The van der Waals surface area contributed by atoms with Gasteiger partial charge in [-0.05, 0) is 36.4 Å². The fourth-order valence-electron chi connectivity index (χ4n) is 1.26. The lowest BCUT2D eigenvalue weighted by Crippen LogP contribution is -2.11. The van der Waals surface area contributed by atoms with Crippen LogP contribution >= 0.6 is 11.3 Å². The van der Waals surface area contributed by atoms with Gasteiger partial charge in [0.2, 0.25) is 0 Å². The SMILES string of the molecule is N#Cc1ccc(S(=O)(=O)Nc2ccc(O)cc2)s1. The maximum atomic E-state index is 11.9. The summed E-state index contributed by atoms with van der Waals surface area (Å²) in [5.74, 6) is 0.0563. The Hall–Kier alpha value is -2.04. The molecule has 2 aromatic rings. The van der Waals surface area contributed by atoms with Crippen molar-refractivity contribution in [1.29, 1.82) is 5.26 Å². The molecule has 0 aliphatic heterocycles. The first-order valence-electron chi connectivity index (χ1n) is 4.83. The molecular formula is C11H8N2O3S2. The summed E-state index contributed by atoms with van der Waals surface area (Å²) in [5, 5.41) is 17.8. The average molecular weight is 280 g/mol. The zero-order valence-electron chi connectivity index (χ0n) is 8.99. The van der Waals surface area contributed by atoms with Crippen LogP contribution in [0.4, 0.5) is 5.69 Å². The number of nitriles is 1. The molecule has 0 amide bonds. The predicted octanol–water partition coefficient (Wildman–Crippen LogP) is 2.13. The first-order valence-corrected chi connectivity index (χ1v) is 7.13. The van der Waals surface area contributed by atoms with Crippen LogP contribution in [0.5, 0.6) is 5.75 Å². The summed E-state index contributed by atoms with van der Waals surface area (Å²) >= 11 is 0.901. The zero-order chi connectivity index (χ0) is 13.2. The van der Waals surface area contributed by atoms with Crippen molar-refractivity contribution in [3.8, 4) is 11.8 Å². The number of phenols is 1. The number of phenolic OH excluding ortho intramolecular Hbond substituents is 1. The Kier molecular flexibility index (Phi) is 3.23. The van der Waals surface area contributed by atoms with E-state index in [1.807, 2.05) is 6.07 Å². The number of nitrogens with one attached hydrogen (secondary N) is 1. The van der Waals surface area contributed by atoms with Gasteiger partial charge in [-0.1, -0.05) is 0 Å². The number of rotatable bonds is 3. The summed E-state index contributed by atoms with van der Waals surface area (Å²) in [6, 6.07) is 10.4. The van der Waals surface area contributed by atoms with E-state index in [4.69, 9.17) is 10.4 Å². The highest BCUT2D eigenvalue weighted by Gasteiger charge is 2.16. The summed E-state index contributed by atoms with van der Waals surface area (Å²) in [7, 11) is -3.68. The molecular weight excluding hydrogens is 272 g/mol. The second kappa shape index (κ2) is 4.68. The van der Waals surface area contributed by atoms with Crippen LogP contribution in [0.1, 0.15) is 4.88 Å². The highest BCUT2D eigenvalue weighted by atomic mass is 32.2.